The average Bonchev–Trinajstić information content (AvgIpc) is 1.68. The zero-order valence-corrected chi connectivity index (χ0v) is 4.85. The summed E-state index contributed by atoms with van der Waals surface area (Å²) in [5.41, 5.74) is 0. The molecule has 0 spiro atoms. The van der Waals surface area contributed by atoms with Gasteiger partial charge in [0, 0.05) is 0 Å². The smallest absolute Gasteiger partial charge is 0.0979 e. The largest absolute Gasteiger partial charge is 0.499 e. The van der Waals surface area contributed by atoms with E-state index in [4.69, 9.17) is 4.74 Å². The number of rotatable bonds is 3. The van der Waals surface area contributed by atoms with Crippen LogP contribution < -0.4 is 0 Å². The highest BCUT2D eigenvalue weighted by molar-refractivity contribution is 4.68. The van der Waals surface area contributed by atoms with Crippen molar-refractivity contribution in [2.75, 3.05) is 0 Å². The van der Waals surface area contributed by atoms with E-state index in [0.29, 0.717) is 0 Å². The summed E-state index contributed by atoms with van der Waals surface area (Å²) in [4.78, 5) is 0. The first kappa shape index (κ1) is 6.54. The van der Waals surface area contributed by atoms with E-state index >= 15 is 0 Å². The first-order valence-corrected chi connectivity index (χ1v) is 2.37. The van der Waals surface area contributed by atoms with Crippen LogP contribution in [0.15, 0.2) is 12.8 Å². The minimum atomic E-state index is 0.206. The summed E-state index contributed by atoms with van der Waals surface area (Å²) in [5, 5.41) is 0. The molecule has 41 valence electrons. The SMILES string of the molecule is C=COC(C)[CH]C. The lowest BCUT2D eigenvalue weighted by Gasteiger charge is -2.04. The molecule has 0 rings (SSSR count). The van der Waals surface area contributed by atoms with Crippen molar-refractivity contribution in [2.24, 2.45) is 0 Å². The Balaban J connectivity index is 2.98. The quantitative estimate of drug-likeness (QED) is 0.490. The predicted octanol–water partition coefficient (Wildman–Crippen LogP) is 1.76. The average molecular weight is 99.2 g/mol. The molecule has 0 fully saturated rings. The molecule has 1 nitrogen and oxygen atoms in total. The van der Waals surface area contributed by atoms with Crippen molar-refractivity contribution in [3.8, 4) is 0 Å². The molecule has 1 heteroatoms. The van der Waals surface area contributed by atoms with Crippen molar-refractivity contribution in [3.63, 3.8) is 0 Å². The van der Waals surface area contributed by atoms with Crippen LogP contribution in [0.4, 0.5) is 0 Å². The molecule has 0 aromatic rings. The zero-order chi connectivity index (χ0) is 5.70. The molecule has 1 atom stereocenters. The van der Waals surface area contributed by atoms with Crippen LogP contribution in [0.1, 0.15) is 13.8 Å². The maximum absolute atomic E-state index is 4.90. The second-order valence-corrected chi connectivity index (χ2v) is 1.34. The third-order valence-corrected chi connectivity index (χ3v) is 0.780. The first-order valence-electron chi connectivity index (χ1n) is 2.37. The number of ether oxygens (including phenoxy) is 1. The maximum atomic E-state index is 4.90. The van der Waals surface area contributed by atoms with Crippen molar-refractivity contribution < 1.29 is 4.74 Å². The van der Waals surface area contributed by atoms with Crippen LogP contribution in [0, 0.1) is 6.42 Å². The van der Waals surface area contributed by atoms with Gasteiger partial charge in [-0.05, 0) is 13.3 Å². The molecular weight excluding hydrogens is 88.1 g/mol. The van der Waals surface area contributed by atoms with Crippen LogP contribution in [0.5, 0.6) is 0 Å². The molecule has 0 bridgehead atoms. The first-order chi connectivity index (χ1) is 3.31. The van der Waals surface area contributed by atoms with Crippen molar-refractivity contribution in [2.45, 2.75) is 20.0 Å². The van der Waals surface area contributed by atoms with Gasteiger partial charge in [0.05, 0.1) is 12.4 Å². The maximum Gasteiger partial charge on any atom is 0.0979 e. The Morgan fingerprint density at radius 1 is 1.71 bits per heavy atom. The van der Waals surface area contributed by atoms with Gasteiger partial charge in [-0.1, -0.05) is 13.5 Å². The molecule has 0 aromatic carbocycles. The van der Waals surface area contributed by atoms with Gasteiger partial charge >= 0.3 is 0 Å². The third-order valence-electron chi connectivity index (χ3n) is 0.780. The Labute approximate surface area is 45.0 Å². The topological polar surface area (TPSA) is 9.23 Å². The summed E-state index contributed by atoms with van der Waals surface area (Å²) in [6.45, 7) is 7.32. The molecule has 1 radical (unpaired) electrons. The summed E-state index contributed by atoms with van der Waals surface area (Å²) >= 11 is 0. The summed E-state index contributed by atoms with van der Waals surface area (Å²) in [6, 6.07) is 0. The summed E-state index contributed by atoms with van der Waals surface area (Å²) in [7, 11) is 0. The van der Waals surface area contributed by atoms with Gasteiger partial charge in [0.25, 0.3) is 0 Å². The van der Waals surface area contributed by atoms with Gasteiger partial charge in [0.2, 0.25) is 0 Å². The Bertz CT molecular complexity index is 50.1. The van der Waals surface area contributed by atoms with E-state index in [0.717, 1.165) is 0 Å². The molecule has 1 unspecified atom stereocenters. The normalized spacial score (nSPS) is 12.9. The monoisotopic (exact) mass is 99.1 g/mol. The fourth-order valence-corrected chi connectivity index (χ4v) is 0.230. The second kappa shape index (κ2) is 3.72. The third kappa shape index (κ3) is 3.37. The fraction of sp³-hybridized carbons (Fsp3) is 0.500. The van der Waals surface area contributed by atoms with E-state index in [1.807, 2.05) is 20.3 Å². The second-order valence-electron chi connectivity index (χ2n) is 1.34. The highest BCUT2D eigenvalue weighted by Crippen LogP contribution is 1.92. The lowest BCUT2D eigenvalue weighted by Crippen LogP contribution is -2.00. The van der Waals surface area contributed by atoms with E-state index < -0.39 is 0 Å². The van der Waals surface area contributed by atoms with Gasteiger partial charge in [-0.15, -0.1) is 0 Å². The van der Waals surface area contributed by atoms with Crippen molar-refractivity contribution in [3.05, 3.63) is 19.3 Å². The van der Waals surface area contributed by atoms with Gasteiger partial charge in [-0.3, -0.25) is 0 Å². The fourth-order valence-electron chi connectivity index (χ4n) is 0.230. The molecule has 0 saturated carbocycles. The van der Waals surface area contributed by atoms with E-state index in [1.165, 1.54) is 6.26 Å². The summed E-state index contributed by atoms with van der Waals surface area (Å²) < 4.78 is 4.90. The predicted molar refractivity (Wildman–Crippen MR) is 30.7 cm³/mol. The van der Waals surface area contributed by atoms with Crippen LogP contribution in [-0.2, 0) is 4.74 Å². The molecule has 7 heavy (non-hydrogen) atoms. The van der Waals surface area contributed by atoms with Crippen LogP contribution >= 0.6 is 0 Å². The molecule has 0 amide bonds. The molecule has 0 N–H and O–H groups in total. The number of hydrogen-bond acceptors (Lipinski definition) is 1. The molecule has 0 aromatic heterocycles. The molecule has 0 aliphatic heterocycles. The number of hydrogen-bond donors (Lipinski definition) is 0. The minimum absolute atomic E-state index is 0.206. The Morgan fingerprint density at radius 3 is 2.43 bits per heavy atom. The van der Waals surface area contributed by atoms with Crippen LogP contribution in [-0.4, -0.2) is 6.10 Å². The Kier molecular flexibility index (Phi) is 3.48. The van der Waals surface area contributed by atoms with Gasteiger partial charge in [0.15, 0.2) is 0 Å². The van der Waals surface area contributed by atoms with Crippen molar-refractivity contribution in [1.29, 1.82) is 0 Å². The van der Waals surface area contributed by atoms with E-state index in [-0.39, 0.29) is 6.10 Å². The van der Waals surface area contributed by atoms with Crippen molar-refractivity contribution >= 4 is 0 Å². The molecule has 0 aliphatic carbocycles. The highest BCUT2D eigenvalue weighted by atomic mass is 16.5. The minimum Gasteiger partial charge on any atom is -0.499 e. The van der Waals surface area contributed by atoms with E-state index in [2.05, 4.69) is 6.58 Å². The summed E-state index contributed by atoms with van der Waals surface area (Å²) in [6.07, 6.45) is 3.62. The van der Waals surface area contributed by atoms with Crippen LogP contribution in [0.25, 0.3) is 0 Å². The van der Waals surface area contributed by atoms with E-state index in [1.54, 1.807) is 0 Å². The molecule has 0 saturated heterocycles. The Morgan fingerprint density at radius 2 is 2.29 bits per heavy atom. The zero-order valence-electron chi connectivity index (χ0n) is 4.85. The lowest BCUT2D eigenvalue weighted by atomic mass is 10.3. The highest BCUT2D eigenvalue weighted by Gasteiger charge is 1.90. The van der Waals surface area contributed by atoms with Gasteiger partial charge in [-0.2, -0.15) is 0 Å². The lowest BCUT2D eigenvalue weighted by molar-refractivity contribution is 0.191. The van der Waals surface area contributed by atoms with Crippen LogP contribution in [0.3, 0.4) is 0 Å². The van der Waals surface area contributed by atoms with Gasteiger partial charge in [-0.25, -0.2) is 0 Å². The standard InChI is InChI=1S/C6H11O/c1-4-6(3)7-5-2/h4-6H,2H2,1,3H3. The van der Waals surface area contributed by atoms with Crippen molar-refractivity contribution in [1.82, 2.24) is 0 Å². The van der Waals surface area contributed by atoms with Gasteiger partial charge in [0.1, 0.15) is 0 Å². The van der Waals surface area contributed by atoms with Crippen LogP contribution in [0.2, 0.25) is 0 Å². The Hall–Kier alpha value is -0.460. The molecular formula is C6H11O. The molecule has 0 heterocycles. The van der Waals surface area contributed by atoms with Gasteiger partial charge < -0.3 is 4.74 Å². The van der Waals surface area contributed by atoms with E-state index in [9.17, 15) is 0 Å². The molecule has 0 aliphatic rings. The summed E-state index contributed by atoms with van der Waals surface area (Å²) in [5.74, 6) is 0.